The monoisotopic (exact) mass is 386 g/mol. The van der Waals surface area contributed by atoms with Crippen LogP contribution in [0.25, 0.3) is 21.2 Å². The summed E-state index contributed by atoms with van der Waals surface area (Å²) in [5.41, 5.74) is 2.08. The number of carbonyl (C=O) groups is 1. The number of fused-ring (bicyclic) bond motifs is 1. The average molecular weight is 386 g/mol. The van der Waals surface area contributed by atoms with Crippen LogP contribution in [0, 0.1) is 17.0 Å². The molecular weight excluding hydrogens is 372 g/mol. The van der Waals surface area contributed by atoms with Crippen molar-refractivity contribution < 1.29 is 14.8 Å². The van der Waals surface area contributed by atoms with E-state index >= 15 is 0 Å². The van der Waals surface area contributed by atoms with Crippen LogP contribution in [0.5, 0.6) is 0 Å². The zero-order valence-electron chi connectivity index (χ0n) is 13.7. The molecule has 3 aromatic rings. The molecule has 1 N–H and O–H groups in total. The van der Waals surface area contributed by atoms with Gasteiger partial charge >= 0.3 is 5.97 Å². The molecule has 0 atom stereocenters. The number of thiazole rings is 1. The fourth-order valence-electron chi connectivity index (χ4n) is 2.35. The van der Waals surface area contributed by atoms with Crippen molar-refractivity contribution in [3.63, 3.8) is 0 Å². The van der Waals surface area contributed by atoms with Crippen molar-refractivity contribution in [2.24, 2.45) is 0 Å². The predicted octanol–water partition coefficient (Wildman–Crippen LogP) is 4.83. The zero-order valence-corrected chi connectivity index (χ0v) is 15.3. The van der Waals surface area contributed by atoms with Crippen molar-refractivity contribution in [2.75, 3.05) is 5.75 Å². The summed E-state index contributed by atoms with van der Waals surface area (Å²) in [4.78, 5) is 27.0. The Bertz CT molecular complexity index is 994. The lowest BCUT2D eigenvalue weighted by molar-refractivity contribution is -0.385. The van der Waals surface area contributed by atoms with Crippen molar-refractivity contribution in [1.82, 2.24) is 4.98 Å². The van der Waals surface area contributed by atoms with Crippen molar-refractivity contribution in [1.29, 1.82) is 0 Å². The molecule has 3 rings (SSSR count). The van der Waals surface area contributed by atoms with Gasteiger partial charge in [0, 0.05) is 16.5 Å². The van der Waals surface area contributed by atoms with E-state index in [1.54, 1.807) is 25.1 Å². The molecule has 0 aliphatic rings. The molecule has 0 radical (unpaired) electrons. The summed E-state index contributed by atoms with van der Waals surface area (Å²) in [6.45, 7) is 1.68. The van der Waals surface area contributed by atoms with Crippen LogP contribution in [0.4, 0.5) is 5.69 Å². The van der Waals surface area contributed by atoms with Crippen LogP contribution in [0.15, 0.2) is 42.5 Å². The van der Waals surface area contributed by atoms with E-state index in [9.17, 15) is 14.9 Å². The number of aliphatic carboxylic acids is 1. The minimum Gasteiger partial charge on any atom is -0.481 e. The molecule has 0 saturated heterocycles. The maximum Gasteiger partial charge on any atom is 0.313 e. The lowest BCUT2D eigenvalue weighted by atomic mass is 10.1. The molecule has 0 spiro atoms. The van der Waals surface area contributed by atoms with E-state index in [2.05, 4.69) is 4.98 Å². The van der Waals surface area contributed by atoms with Gasteiger partial charge in [-0.2, -0.15) is 0 Å². The average Bonchev–Trinajstić information content (AvgIpc) is 3.03. The maximum atomic E-state index is 11.2. The number of para-hydroxylation sites is 1. The fraction of sp³-hybridized carbons (Fsp3) is 0.111. The summed E-state index contributed by atoms with van der Waals surface area (Å²) < 4.78 is 0.999. The molecule has 0 unspecified atom stereocenters. The Balaban J connectivity index is 2.05. The van der Waals surface area contributed by atoms with Gasteiger partial charge in [0.1, 0.15) is 5.01 Å². The van der Waals surface area contributed by atoms with Crippen molar-refractivity contribution >= 4 is 56.0 Å². The Morgan fingerprint density at radius 1 is 1.35 bits per heavy atom. The lowest BCUT2D eigenvalue weighted by Gasteiger charge is -2.04. The van der Waals surface area contributed by atoms with Gasteiger partial charge in [0.25, 0.3) is 5.69 Å². The molecule has 132 valence electrons. The molecule has 1 aromatic heterocycles. The van der Waals surface area contributed by atoms with E-state index in [1.807, 2.05) is 24.3 Å². The normalized spacial score (nSPS) is 11.7. The molecule has 8 heteroatoms. The van der Waals surface area contributed by atoms with E-state index in [4.69, 9.17) is 5.11 Å². The Kier molecular flexibility index (Phi) is 5.34. The van der Waals surface area contributed by atoms with Gasteiger partial charge < -0.3 is 5.11 Å². The highest BCUT2D eigenvalue weighted by molar-refractivity contribution is 8.09. The third-order valence-electron chi connectivity index (χ3n) is 3.58. The molecule has 6 nitrogen and oxygen atoms in total. The standard InChI is InChI=1S/C18H14N2O4S2/c1-11-6-7-12(8-14(11)20(23)24)9-16(25-10-17(21)22)18-19-13-4-2-3-5-15(13)26-18/h2-9H,10H2,1H3,(H,21,22). The molecule has 0 bridgehead atoms. The zero-order chi connectivity index (χ0) is 18.7. The van der Waals surface area contributed by atoms with E-state index in [-0.39, 0.29) is 11.4 Å². The molecule has 0 aliphatic heterocycles. The largest absolute Gasteiger partial charge is 0.481 e. The first-order valence-corrected chi connectivity index (χ1v) is 9.41. The quantitative estimate of drug-likeness (QED) is 0.482. The van der Waals surface area contributed by atoms with Crippen molar-refractivity contribution in [3.8, 4) is 0 Å². The first-order chi connectivity index (χ1) is 12.4. The number of aryl methyl sites for hydroxylation is 1. The van der Waals surface area contributed by atoms with Crippen molar-refractivity contribution in [2.45, 2.75) is 6.92 Å². The third kappa shape index (κ3) is 4.09. The smallest absolute Gasteiger partial charge is 0.313 e. The summed E-state index contributed by atoms with van der Waals surface area (Å²) in [6, 6.07) is 12.6. The number of nitro groups is 1. The number of carboxylic acid groups (broad SMARTS) is 1. The number of nitro benzene ring substituents is 1. The highest BCUT2D eigenvalue weighted by atomic mass is 32.2. The lowest BCUT2D eigenvalue weighted by Crippen LogP contribution is -1.98. The predicted molar refractivity (Wildman–Crippen MR) is 105 cm³/mol. The van der Waals surface area contributed by atoms with Gasteiger partial charge in [-0.25, -0.2) is 4.98 Å². The SMILES string of the molecule is Cc1ccc(C=C(SCC(=O)O)c2nc3ccccc3s2)cc1[N+](=O)[O-]. The van der Waals surface area contributed by atoms with Gasteiger partial charge in [-0.3, -0.25) is 14.9 Å². The molecule has 0 amide bonds. The first kappa shape index (κ1) is 18.1. The molecule has 1 heterocycles. The Morgan fingerprint density at radius 3 is 2.81 bits per heavy atom. The topological polar surface area (TPSA) is 93.3 Å². The number of thioether (sulfide) groups is 1. The number of aromatic nitrogens is 1. The van der Waals surface area contributed by atoms with Crippen LogP contribution >= 0.6 is 23.1 Å². The van der Waals surface area contributed by atoms with Crippen LogP contribution in [0.2, 0.25) is 0 Å². The minimum atomic E-state index is -0.933. The van der Waals surface area contributed by atoms with Crippen LogP contribution in [-0.2, 0) is 4.79 Å². The maximum absolute atomic E-state index is 11.2. The van der Waals surface area contributed by atoms with E-state index in [0.717, 1.165) is 22.0 Å². The number of rotatable bonds is 6. The number of nitrogens with zero attached hydrogens (tertiary/aromatic N) is 2. The molecular formula is C18H14N2O4S2. The molecule has 0 saturated carbocycles. The van der Waals surface area contributed by atoms with E-state index in [1.165, 1.54) is 17.4 Å². The Morgan fingerprint density at radius 2 is 2.12 bits per heavy atom. The second kappa shape index (κ2) is 7.67. The molecule has 2 aromatic carbocycles. The van der Waals surface area contributed by atoms with E-state index < -0.39 is 10.9 Å². The number of carboxylic acids is 1. The van der Waals surface area contributed by atoms with Crippen LogP contribution in [-0.4, -0.2) is 26.7 Å². The van der Waals surface area contributed by atoms with Crippen molar-refractivity contribution in [3.05, 3.63) is 68.7 Å². The number of benzene rings is 2. The van der Waals surface area contributed by atoms with Gasteiger partial charge in [0.05, 0.1) is 20.9 Å². The van der Waals surface area contributed by atoms with Crippen LogP contribution in [0.1, 0.15) is 16.1 Å². The fourth-order valence-corrected chi connectivity index (χ4v) is 4.19. The van der Waals surface area contributed by atoms with E-state index in [0.29, 0.717) is 21.0 Å². The summed E-state index contributed by atoms with van der Waals surface area (Å²) in [6.07, 6.45) is 1.75. The molecule has 0 aliphatic carbocycles. The highest BCUT2D eigenvalue weighted by Gasteiger charge is 2.14. The summed E-state index contributed by atoms with van der Waals surface area (Å²) in [5.74, 6) is -1.05. The van der Waals surface area contributed by atoms with Gasteiger partial charge in [0.15, 0.2) is 0 Å². The molecule has 26 heavy (non-hydrogen) atoms. The second-order valence-electron chi connectivity index (χ2n) is 5.48. The van der Waals surface area contributed by atoms with Crippen LogP contribution in [0.3, 0.4) is 0 Å². The summed E-state index contributed by atoms with van der Waals surface area (Å²) in [7, 11) is 0. The summed E-state index contributed by atoms with van der Waals surface area (Å²) in [5, 5.41) is 20.9. The van der Waals surface area contributed by atoms with Gasteiger partial charge in [-0.1, -0.05) is 24.3 Å². The number of hydrogen-bond donors (Lipinski definition) is 1. The third-order valence-corrected chi connectivity index (χ3v) is 5.80. The Hall–Kier alpha value is -2.71. The highest BCUT2D eigenvalue weighted by Crippen LogP contribution is 2.35. The summed E-state index contributed by atoms with van der Waals surface area (Å²) >= 11 is 2.61. The minimum absolute atomic E-state index is 0.0330. The van der Waals surface area contributed by atoms with Gasteiger partial charge in [0.2, 0.25) is 0 Å². The van der Waals surface area contributed by atoms with Crippen LogP contribution < -0.4 is 0 Å². The Labute approximate surface area is 157 Å². The number of hydrogen-bond acceptors (Lipinski definition) is 6. The first-order valence-electron chi connectivity index (χ1n) is 7.61. The van der Waals surface area contributed by atoms with Gasteiger partial charge in [-0.05, 0) is 30.7 Å². The second-order valence-corrected chi connectivity index (χ2v) is 7.53. The molecule has 0 fully saturated rings. The van der Waals surface area contributed by atoms with Gasteiger partial charge in [-0.15, -0.1) is 23.1 Å².